The van der Waals surface area contributed by atoms with Crippen LogP contribution in [0, 0.1) is 0 Å². The van der Waals surface area contributed by atoms with Gasteiger partial charge in [-0.1, -0.05) is 0 Å². The van der Waals surface area contributed by atoms with E-state index in [2.05, 4.69) is 9.97 Å². The average Bonchev–Trinajstić information content (AvgIpc) is 2.46. The fraction of sp³-hybridized carbons (Fsp3) is 0.214. The van der Waals surface area contributed by atoms with Crippen molar-refractivity contribution in [3.8, 4) is 0 Å². The fourth-order valence-electron chi connectivity index (χ4n) is 1.73. The molecule has 0 fully saturated rings. The number of aromatic nitrogens is 2. The summed E-state index contributed by atoms with van der Waals surface area (Å²) in [5, 5.41) is 0.210. The molecule has 0 aliphatic carbocycles. The average molecular weight is 291 g/mol. The quantitative estimate of drug-likeness (QED) is 0.816. The smallest absolute Gasteiger partial charge is 0.224 e. The van der Waals surface area contributed by atoms with Crippen molar-refractivity contribution in [3.63, 3.8) is 0 Å². The Bertz CT molecular complexity index is 615. The number of amides is 1. The molecule has 1 heterocycles. The van der Waals surface area contributed by atoms with E-state index in [4.69, 9.17) is 11.6 Å². The molecule has 5 nitrogen and oxygen atoms in total. The lowest BCUT2D eigenvalue weighted by molar-refractivity contribution is -0.116. The van der Waals surface area contributed by atoms with Gasteiger partial charge >= 0.3 is 0 Å². The summed E-state index contributed by atoms with van der Waals surface area (Å²) in [7, 11) is 3.63. The van der Waals surface area contributed by atoms with Crippen LogP contribution < -0.4 is 9.80 Å². The van der Waals surface area contributed by atoms with Gasteiger partial charge in [0.25, 0.3) is 0 Å². The molecule has 1 aromatic heterocycles. The zero-order chi connectivity index (χ0) is 14.7. The Morgan fingerprint density at radius 2 is 1.70 bits per heavy atom. The van der Waals surface area contributed by atoms with Crippen LogP contribution in [0.1, 0.15) is 6.92 Å². The zero-order valence-corrected chi connectivity index (χ0v) is 12.3. The first kappa shape index (κ1) is 14.3. The number of halogens is 1. The monoisotopic (exact) mass is 290 g/mol. The molecule has 0 aliphatic rings. The van der Waals surface area contributed by atoms with Crippen LogP contribution in [0.4, 0.5) is 17.2 Å². The molecule has 0 spiro atoms. The molecular formula is C14H15ClN4O. The first-order valence-electron chi connectivity index (χ1n) is 6.05. The van der Waals surface area contributed by atoms with Gasteiger partial charge < -0.3 is 9.80 Å². The largest absolute Gasteiger partial charge is 0.329 e. The molecule has 20 heavy (non-hydrogen) atoms. The summed E-state index contributed by atoms with van der Waals surface area (Å²) >= 11 is 5.78. The molecule has 1 amide bonds. The van der Waals surface area contributed by atoms with E-state index in [9.17, 15) is 4.79 Å². The molecule has 2 aromatic rings. The predicted octanol–water partition coefficient (Wildman–Crippen LogP) is 2.88. The second-order valence-electron chi connectivity index (χ2n) is 4.34. The SMILES string of the molecule is CC(=O)N(C)c1ccc(N(C)c2ccnc(Cl)n2)cc1. The summed E-state index contributed by atoms with van der Waals surface area (Å²) < 4.78 is 0. The van der Waals surface area contributed by atoms with E-state index in [-0.39, 0.29) is 11.2 Å². The summed E-state index contributed by atoms with van der Waals surface area (Å²) in [5.41, 5.74) is 1.79. The normalized spacial score (nSPS) is 10.2. The second-order valence-corrected chi connectivity index (χ2v) is 4.68. The highest BCUT2D eigenvalue weighted by Gasteiger charge is 2.09. The van der Waals surface area contributed by atoms with Gasteiger partial charge in [-0.05, 0) is 41.9 Å². The topological polar surface area (TPSA) is 49.3 Å². The standard InChI is InChI=1S/C14H15ClN4O/c1-10(20)18(2)11-4-6-12(7-5-11)19(3)13-8-9-16-14(15)17-13/h4-9H,1-3H3. The molecule has 0 aliphatic heterocycles. The lowest BCUT2D eigenvalue weighted by Crippen LogP contribution is -2.22. The minimum atomic E-state index is -0.00585. The van der Waals surface area contributed by atoms with Gasteiger partial charge in [-0.25, -0.2) is 9.97 Å². The molecule has 2 rings (SSSR count). The lowest BCUT2D eigenvalue weighted by atomic mass is 10.2. The van der Waals surface area contributed by atoms with E-state index in [1.54, 1.807) is 24.2 Å². The minimum Gasteiger partial charge on any atom is -0.329 e. The van der Waals surface area contributed by atoms with Crippen LogP contribution in [-0.2, 0) is 4.79 Å². The van der Waals surface area contributed by atoms with E-state index >= 15 is 0 Å². The Morgan fingerprint density at radius 3 is 2.25 bits per heavy atom. The van der Waals surface area contributed by atoms with Crippen molar-refractivity contribution < 1.29 is 4.79 Å². The maximum atomic E-state index is 11.3. The molecule has 1 aromatic carbocycles. The molecule has 104 valence electrons. The number of hydrogen-bond donors (Lipinski definition) is 0. The Balaban J connectivity index is 2.23. The van der Waals surface area contributed by atoms with Crippen molar-refractivity contribution in [1.82, 2.24) is 9.97 Å². The van der Waals surface area contributed by atoms with Crippen LogP contribution in [0.5, 0.6) is 0 Å². The number of carbonyl (C=O) groups is 1. The molecule has 0 radical (unpaired) electrons. The molecule has 0 unspecified atom stereocenters. The second kappa shape index (κ2) is 5.88. The van der Waals surface area contributed by atoms with Crippen molar-refractivity contribution in [2.45, 2.75) is 6.92 Å². The van der Waals surface area contributed by atoms with Crippen molar-refractivity contribution in [2.24, 2.45) is 0 Å². The number of carbonyl (C=O) groups excluding carboxylic acids is 1. The Kier molecular flexibility index (Phi) is 4.20. The highest BCUT2D eigenvalue weighted by molar-refractivity contribution is 6.28. The first-order valence-corrected chi connectivity index (χ1v) is 6.43. The van der Waals surface area contributed by atoms with Gasteiger partial charge in [-0.3, -0.25) is 4.79 Å². The molecule has 0 saturated carbocycles. The third-order valence-electron chi connectivity index (χ3n) is 3.05. The van der Waals surface area contributed by atoms with E-state index in [1.807, 2.05) is 36.2 Å². The van der Waals surface area contributed by atoms with Gasteiger partial charge in [-0.2, -0.15) is 0 Å². The summed E-state index contributed by atoms with van der Waals surface area (Å²) in [6.45, 7) is 1.53. The minimum absolute atomic E-state index is 0.00585. The van der Waals surface area contributed by atoms with Crippen molar-refractivity contribution in [1.29, 1.82) is 0 Å². The molecule has 0 atom stereocenters. The summed E-state index contributed by atoms with van der Waals surface area (Å²) in [4.78, 5) is 22.8. The van der Waals surface area contributed by atoms with Crippen LogP contribution >= 0.6 is 11.6 Å². The van der Waals surface area contributed by atoms with Gasteiger partial charge in [0.05, 0.1) is 0 Å². The molecule has 0 N–H and O–H groups in total. The van der Waals surface area contributed by atoms with E-state index in [1.165, 1.54) is 6.92 Å². The third kappa shape index (κ3) is 3.05. The summed E-state index contributed by atoms with van der Waals surface area (Å²) in [6, 6.07) is 9.39. The van der Waals surface area contributed by atoms with E-state index < -0.39 is 0 Å². The van der Waals surface area contributed by atoms with Crippen LogP contribution in [-0.4, -0.2) is 30.0 Å². The van der Waals surface area contributed by atoms with Gasteiger partial charge in [0.2, 0.25) is 11.2 Å². The number of hydrogen-bond acceptors (Lipinski definition) is 4. The highest BCUT2D eigenvalue weighted by Crippen LogP contribution is 2.24. The van der Waals surface area contributed by atoms with E-state index in [0.717, 1.165) is 11.4 Å². The maximum Gasteiger partial charge on any atom is 0.224 e. The first-order chi connectivity index (χ1) is 9.49. The molecular weight excluding hydrogens is 276 g/mol. The van der Waals surface area contributed by atoms with Crippen LogP contribution in [0.25, 0.3) is 0 Å². The highest BCUT2D eigenvalue weighted by atomic mass is 35.5. The number of anilines is 3. The van der Waals surface area contributed by atoms with Crippen LogP contribution in [0.2, 0.25) is 5.28 Å². The summed E-state index contributed by atoms with van der Waals surface area (Å²) in [5.74, 6) is 0.700. The predicted molar refractivity (Wildman–Crippen MR) is 80.6 cm³/mol. The van der Waals surface area contributed by atoms with Gasteiger partial charge in [0, 0.05) is 38.6 Å². The maximum absolute atomic E-state index is 11.3. The number of rotatable bonds is 3. The molecule has 0 bridgehead atoms. The number of benzene rings is 1. The Morgan fingerprint density at radius 1 is 1.10 bits per heavy atom. The van der Waals surface area contributed by atoms with Gasteiger partial charge in [0.15, 0.2) is 0 Å². The zero-order valence-electron chi connectivity index (χ0n) is 11.5. The molecule has 6 heteroatoms. The Hall–Kier alpha value is -2.14. The van der Waals surface area contributed by atoms with Gasteiger partial charge in [-0.15, -0.1) is 0 Å². The van der Waals surface area contributed by atoms with Crippen molar-refractivity contribution in [2.75, 3.05) is 23.9 Å². The fourth-order valence-corrected chi connectivity index (χ4v) is 1.87. The van der Waals surface area contributed by atoms with Gasteiger partial charge in [0.1, 0.15) is 5.82 Å². The van der Waals surface area contributed by atoms with Crippen molar-refractivity contribution in [3.05, 3.63) is 41.8 Å². The lowest BCUT2D eigenvalue weighted by Gasteiger charge is -2.20. The Labute approximate surface area is 122 Å². The molecule has 0 saturated heterocycles. The van der Waals surface area contributed by atoms with E-state index in [0.29, 0.717) is 5.82 Å². The van der Waals surface area contributed by atoms with Crippen LogP contribution in [0.3, 0.4) is 0 Å². The third-order valence-corrected chi connectivity index (χ3v) is 3.23. The summed E-state index contributed by atoms with van der Waals surface area (Å²) in [6.07, 6.45) is 1.61. The van der Waals surface area contributed by atoms with Crippen LogP contribution in [0.15, 0.2) is 36.5 Å². The van der Waals surface area contributed by atoms with Crippen molar-refractivity contribution >= 4 is 34.7 Å². The number of nitrogens with zero attached hydrogens (tertiary/aromatic N) is 4.